The molecule has 1 aromatic carbocycles. The van der Waals surface area contributed by atoms with Crippen molar-refractivity contribution in [2.45, 2.75) is 45.6 Å². The summed E-state index contributed by atoms with van der Waals surface area (Å²) >= 11 is 0. The standard InChI is InChI=1S/C15H25BO4/c1-3-4-5-6-7-10-20-12-13-8-9-15(19-2)14(11-13)16(17)18/h8-9,11,17-18H,3-7,10,12H2,1-2H3. The smallest absolute Gasteiger partial charge is 0.492 e. The van der Waals surface area contributed by atoms with Crippen LogP contribution in [0.2, 0.25) is 0 Å². The fourth-order valence-corrected chi connectivity index (χ4v) is 2.07. The molecule has 0 fully saturated rings. The van der Waals surface area contributed by atoms with E-state index in [0.29, 0.717) is 17.8 Å². The third kappa shape index (κ3) is 5.95. The zero-order valence-electron chi connectivity index (χ0n) is 12.5. The Kier molecular flexibility index (Phi) is 8.34. The highest BCUT2D eigenvalue weighted by atomic mass is 16.5. The molecule has 0 aliphatic rings. The third-order valence-corrected chi connectivity index (χ3v) is 3.23. The van der Waals surface area contributed by atoms with Crippen LogP contribution in [-0.2, 0) is 11.3 Å². The maximum atomic E-state index is 9.29. The van der Waals surface area contributed by atoms with Gasteiger partial charge in [0, 0.05) is 12.1 Å². The molecule has 2 N–H and O–H groups in total. The lowest BCUT2D eigenvalue weighted by Crippen LogP contribution is -2.31. The molecule has 0 aliphatic carbocycles. The Labute approximate surface area is 121 Å². The maximum Gasteiger partial charge on any atom is 0.492 e. The van der Waals surface area contributed by atoms with Gasteiger partial charge in [-0.15, -0.1) is 0 Å². The molecule has 1 rings (SSSR count). The van der Waals surface area contributed by atoms with Crippen molar-refractivity contribution in [1.29, 1.82) is 0 Å². The lowest BCUT2D eigenvalue weighted by molar-refractivity contribution is 0.116. The number of methoxy groups -OCH3 is 1. The molecule has 0 amide bonds. The largest absolute Gasteiger partial charge is 0.497 e. The molecule has 0 heterocycles. The minimum Gasteiger partial charge on any atom is -0.497 e. The van der Waals surface area contributed by atoms with Gasteiger partial charge in [0.15, 0.2) is 0 Å². The second-order valence-electron chi connectivity index (χ2n) is 4.92. The summed E-state index contributed by atoms with van der Waals surface area (Å²) in [5, 5.41) is 18.6. The quantitative estimate of drug-likeness (QED) is 0.507. The van der Waals surface area contributed by atoms with Crippen LogP contribution >= 0.6 is 0 Å². The lowest BCUT2D eigenvalue weighted by atomic mass is 9.79. The van der Waals surface area contributed by atoms with Crippen LogP contribution < -0.4 is 10.2 Å². The monoisotopic (exact) mass is 280 g/mol. The van der Waals surface area contributed by atoms with E-state index in [-0.39, 0.29) is 0 Å². The van der Waals surface area contributed by atoms with Gasteiger partial charge in [-0.3, -0.25) is 0 Å². The van der Waals surface area contributed by atoms with Crippen molar-refractivity contribution in [2.75, 3.05) is 13.7 Å². The van der Waals surface area contributed by atoms with Gasteiger partial charge >= 0.3 is 7.12 Å². The predicted octanol–water partition coefficient (Wildman–Crippen LogP) is 1.86. The molecule has 0 spiro atoms. The van der Waals surface area contributed by atoms with E-state index < -0.39 is 7.12 Å². The SMILES string of the molecule is CCCCCCCOCc1ccc(OC)c(B(O)O)c1. The molecule has 0 atom stereocenters. The van der Waals surface area contributed by atoms with Gasteiger partial charge in [0.1, 0.15) is 5.75 Å². The normalized spacial score (nSPS) is 10.6. The van der Waals surface area contributed by atoms with Crippen LogP contribution in [0.15, 0.2) is 18.2 Å². The van der Waals surface area contributed by atoms with Crippen molar-refractivity contribution in [3.8, 4) is 5.75 Å². The summed E-state index contributed by atoms with van der Waals surface area (Å²) in [6, 6.07) is 5.32. The molecule has 20 heavy (non-hydrogen) atoms. The van der Waals surface area contributed by atoms with Crippen molar-refractivity contribution < 1.29 is 19.5 Å². The average Bonchev–Trinajstić information content (AvgIpc) is 2.46. The van der Waals surface area contributed by atoms with Gasteiger partial charge in [-0.2, -0.15) is 0 Å². The predicted molar refractivity (Wildman–Crippen MR) is 81.2 cm³/mol. The van der Waals surface area contributed by atoms with Gasteiger partial charge in [-0.25, -0.2) is 0 Å². The van der Waals surface area contributed by atoms with E-state index in [1.54, 1.807) is 12.1 Å². The number of hydrogen-bond donors (Lipinski definition) is 2. The first-order valence-corrected chi connectivity index (χ1v) is 7.29. The summed E-state index contributed by atoms with van der Waals surface area (Å²) in [5.74, 6) is 0.475. The molecule has 0 unspecified atom stereocenters. The fourth-order valence-electron chi connectivity index (χ4n) is 2.07. The lowest BCUT2D eigenvalue weighted by Gasteiger charge is -2.10. The summed E-state index contributed by atoms with van der Waals surface area (Å²) in [4.78, 5) is 0. The Balaban J connectivity index is 2.35. The maximum absolute atomic E-state index is 9.29. The molecule has 0 radical (unpaired) electrons. The number of unbranched alkanes of at least 4 members (excludes halogenated alkanes) is 4. The highest BCUT2D eigenvalue weighted by molar-refractivity contribution is 6.59. The Morgan fingerprint density at radius 3 is 2.50 bits per heavy atom. The van der Waals surface area contributed by atoms with Crippen LogP contribution in [0.4, 0.5) is 0 Å². The van der Waals surface area contributed by atoms with E-state index >= 15 is 0 Å². The topological polar surface area (TPSA) is 58.9 Å². The molecule has 5 heteroatoms. The van der Waals surface area contributed by atoms with E-state index in [4.69, 9.17) is 9.47 Å². The number of hydrogen-bond acceptors (Lipinski definition) is 4. The van der Waals surface area contributed by atoms with E-state index in [9.17, 15) is 10.0 Å². The highest BCUT2D eigenvalue weighted by Crippen LogP contribution is 2.11. The number of rotatable bonds is 10. The van der Waals surface area contributed by atoms with Crippen LogP contribution in [0.1, 0.15) is 44.6 Å². The summed E-state index contributed by atoms with van der Waals surface area (Å²) in [7, 11) is -0.0211. The van der Waals surface area contributed by atoms with E-state index in [2.05, 4.69) is 6.92 Å². The molecule has 1 aromatic rings. The zero-order valence-corrected chi connectivity index (χ0v) is 12.5. The van der Waals surface area contributed by atoms with Crippen LogP contribution in [0, 0.1) is 0 Å². The summed E-state index contributed by atoms with van der Waals surface area (Å²) in [6.45, 7) is 3.43. The Morgan fingerprint density at radius 2 is 1.85 bits per heavy atom. The van der Waals surface area contributed by atoms with E-state index in [0.717, 1.165) is 18.6 Å². The van der Waals surface area contributed by atoms with Crippen LogP contribution in [0.5, 0.6) is 5.75 Å². The van der Waals surface area contributed by atoms with Crippen LogP contribution in [-0.4, -0.2) is 30.9 Å². The van der Waals surface area contributed by atoms with Gasteiger partial charge in [-0.1, -0.05) is 44.7 Å². The van der Waals surface area contributed by atoms with Gasteiger partial charge in [0.2, 0.25) is 0 Å². The first kappa shape index (κ1) is 17.0. The molecule has 0 bridgehead atoms. The Bertz CT molecular complexity index is 382. The van der Waals surface area contributed by atoms with Gasteiger partial charge in [0.05, 0.1) is 13.7 Å². The number of benzene rings is 1. The average molecular weight is 280 g/mol. The molecule has 0 saturated heterocycles. The van der Waals surface area contributed by atoms with Crippen LogP contribution in [0.3, 0.4) is 0 Å². The van der Waals surface area contributed by atoms with Crippen LogP contribution in [0.25, 0.3) is 0 Å². The molecule has 0 aromatic heterocycles. The fraction of sp³-hybridized carbons (Fsp3) is 0.600. The van der Waals surface area contributed by atoms with E-state index in [1.165, 1.54) is 32.8 Å². The van der Waals surface area contributed by atoms with E-state index in [1.807, 2.05) is 6.07 Å². The van der Waals surface area contributed by atoms with Crippen molar-refractivity contribution in [3.63, 3.8) is 0 Å². The highest BCUT2D eigenvalue weighted by Gasteiger charge is 2.17. The summed E-state index contributed by atoms with van der Waals surface area (Å²) in [6.07, 6.45) is 6.08. The molecular weight excluding hydrogens is 255 g/mol. The molecule has 0 saturated carbocycles. The molecule has 0 aliphatic heterocycles. The molecule has 4 nitrogen and oxygen atoms in total. The minimum atomic E-state index is -1.53. The van der Waals surface area contributed by atoms with Crippen molar-refractivity contribution in [3.05, 3.63) is 23.8 Å². The second-order valence-corrected chi connectivity index (χ2v) is 4.92. The van der Waals surface area contributed by atoms with Gasteiger partial charge in [-0.05, 0) is 18.1 Å². The first-order valence-electron chi connectivity index (χ1n) is 7.29. The minimum absolute atomic E-state index is 0.372. The zero-order chi connectivity index (χ0) is 14.8. The molecule has 112 valence electrons. The van der Waals surface area contributed by atoms with Gasteiger partial charge in [0.25, 0.3) is 0 Å². The van der Waals surface area contributed by atoms with Crippen molar-refractivity contribution >= 4 is 12.6 Å². The first-order chi connectivity index (χ1) is 9.69. The van der Waals surface area contributed by atoms with Crippen molar-refractivity contribution in [1.82, 2.24) is 0 Å². The summed E-state index contributed by atoms with van der Waals surface area (Å²) in [5.41, 5.74) is 1.29. The second kappa shape index (κ2) is 9.80. The third-order valence-electron chi connectivity index (χ3n) is 3.23. The summed E-state index contributed by atoms with van der Waals surface area (Å²) < 4.78 is 10.7. The molecular formula is C15H25BO4. The Morgan fingerprint density at radius 1 is 1.10 bits per heavy atom. The van der Waals surface area contributed by atoms with Gasteiger partial charge < -0.3 is 19.5 Å². The Hall–Kier alpha value is -1.04. The number of ether oxygens (including phenoxy) is 2. The van der Waals surface area contributed by atoms with Crippen molar-refractivity contribution in [2.24, 2.45) is 0 Å².